The fourth-order valence-corrected chi connectivity index (χ4v) is 4.16. The maximum atomic E-state index is 12.4. The van der Waals surface area contributed by atoms with Crippen LogP contribution in [0.3, 0.4) is 0 Å². The third-order valence-corrected chi connectivity index (χ3v) is 5.85. The van der Waals surface area contributed by atoms with Crippen LogP contribution in [-0.4, -0.2) is 42.4 Å². The van der Waals surface area contributed by atoms with Gasteiger partial charge in [-0.25, -0.2) is 17.5 Å². The Balaban J connectivity index is 2.15. The molecule has 0 aromatic carbocycles. The average Bonchev–Trinajstić information content (AvgIpc) is 2.96. The molecule has 0 unspecified atom stereocenters. The number of aromatic carboxylic acids is 1. The van der Waals surface area contributed by atoms with Gasteiger partial charge in [0.1, 0.15) is 9.77 Å². The minimum absolute atomic E-state index is 0.163. The molecule has 0 saturated carbocycles. The first-order valence-corrected chi connectivity index (χ1v) is 8.42. The highest BCUT2D eigenvalue weighted by molar-refractivity contribution is 7.89. The summed E-state index contributed by atoms with van der Waals surface area (Å²) in [7, 11) is -2.37. The molecule has 0 aliphatic rings. The van der Waals surface area contributed by atoms with Gasteiger partial charge < -0.3 is 5.11 Å². The van der Waals surface area contributed by atoms with E-state index in [1.165, 1.54) is 18.5 Å². The van der Waals surface area contributed by atoms with E-state index in [-0.39, 0.29) is 16.3 Å². The summed E-state index contributed by atoms with van der Waals surface area (Å²) in [6.07, 6.45) is 2.11. The minimum atomic E-state index is -3.81. The van der Waals surface area contributed by atoms with Gasteiger partial charge in [-0.15, -0.1) is 11.3 Å². The molecular formula is C13H14N2O4S2. The molecule has 0 amide bonds. The molecule has 0 bridgehead atoms. The number of sulfonamides is 1. The topological polar surface area (TPSA) is 87.6 Å². The normalized spacial score (nSPS) is 11.7. The van der Waals surface area contributed by atoms with Crippen molar-refractivity contribution in [3.63, 3.8) is 0 Å². The van der Waals surface area contributed by atoms with Crippen molar-refractivity contribution in [1.82, 2.24) is 9.29 Å². The number of carboxylic acids is 1. The van der Waals surface area contributed by atoms with Gasteiger partial charge in [0.2, 0.25) is 10.0 Å². The molecule has 2 aromatic rings. The Kier molecular flexibility index (Phi) is 4.71. The van der Waals surface area contributed by atoms with E-state index in [1.807, 2.05) is 12.1 Å². The number of likely N-dealkylation sites (N-methyl/N-ethyl adjacent to an activating group) is 1. The number of hydrogen-bond acceptors (Lipinski definition) is 5. The number of pyridine rings is 1. The van der Waals surface area contributed by atoms with Gasteiger partial charge in [-0.3, -0.25) is 4.98 Å². The summed E-state index contributed by atoms with van der Waals surface area (Å²) in [5, 5.41) is 10.5. The molecule has 0 aliphatic heterocycles. The Morgan fingerprint density at radius 2 is 2.14 bits per heavy atom. The number of hydrogen-bond donors (Lipinski definition) is 1. The van der Waals surface area contributed by atoms with Crippen molar-refractivity contribution < 1.29 is 18.3 Å². The molecule has 0 fully saturated rings. The van der Waals surface area contributed by atoms with Crippen molar-refractivity contribution in [2.45, 2.75) is 11.3 Å². The van der Waals surface area contributed by atoms with Crippen LogP contribution in [0.5, 0.6) is 0 Å². The second-order valence-electron chi connectivity index (χ2n) is 4.32. The quantitative estimate of drug-likeness (QED) is 0.873. The van der Waals surface area contributed by atoms with Crippen molar-refractivity contribution in [2.24, 2.45) is 0 Å². The summed E-state index contributed by atoms with van der Waals surface area (Å²) in [6.45, 7) is 0.230. The highest BCUT2D eigenvalue weighted by Gasteiger charge is 2.27. The summed E-state index contributed by atoms with van der Waals surface area (Å²) in [5.74, 6) is -1.23. The van der Waals surface area contributed by atoms with E-state index >= 15 is 0 Å². The van der Waals surface area contributed by atoms with Crippen LogP contribution in [0.2, 0.25) is 0 Å². The van der Waals surface area contributed by atoms with Crippen LogP contribution < -0.4 is 0 Å². The first-order valence-electron chi connectivity index (χ1n) is 6.10. The van der Waals surface area contributed by atoms with E-state index in [1.54, 1.807) is 12.3 Å². The van der Waals surface area contributed by atoms with Crippen LogP contribution in [-0.2, 0) is 16.4 Å². The number of carboxylic acid groups (broad SMARTS) is 1. The Hall–Kier alpha value is -1.77. The summed E-state index contributed by atoms with van der Waals surface area (Å²) < 4.78 is 25.9. The molecule has 2 heterocycles. The van der Waals surface area contributed by atoms with Crippen LogP contribution >= 0.6 is 11.3 Å². The van der Waals surface area contributed by atoms with E-state index in [4.69, 9.17) is 5.11 Å². The number of rotatable bonds is 6. The second-order valence-corrected chi connectivity index (χ2v) is 7.25. The van der Waals surface area contributed by atoms with Crippen LogP contribution in [0.4, 0.5) is 0 Å². The molecule has 0 atom stereocenters. The smallest absolute Gasteiger partial charge is 0.347 e. The SMILES string of the molecule is CN(CCc1ccccn1)S(=O)(=O)c1ccsc1C(=O)O. The van der Waals surface area contributed by atoms with Crippen LogP contribution in [0, 0.1) is 0 Å². The molecule has 0 saturated heterocycles. The van der Waals surface area contributed by atoms with Crippen LogP contribution in [0.25, 0.3) is 0 Å². The third kappa shape index (κ3) is 3.46. The standard InChI is InChI=1S/C13H14N2O4S2/c1-15(8-5-10-4-2-3-7-14-10)21(18,19)11-6-9-20-12(11)13(16)17/h2-4,6-7,9H,5,8H2,1H3,(H,16,17). The molecule has 112 valence electrons. The number of thiophene rings is 1. The lowest BCUT2D eigenvalue weighted by Crippen LogP contribution is -2.29. The Morgan fingerprint density at radius 1 is 1.38 bits per heavy atom. The largest absolute Gasteiger partial charge is 0.477 e. The predicted octanol–water partition coefficient (Wildman–Crippen LogP) is 1.70. The van der Waals surface area contributed by atoms with Crippen molar-refractivity contribution in [3.8, 4) is 0 Å². The summed E-state index contributed by atoms with van der Waals surface area (Å²) >= 11 is 0.899. The van der Waals surface area contributed by atoms with Gasteiger partial charge in [-0.2, -0.15) is 0 Å². The van der Waals surface area contributed by atoms with Gasteiger partial charge >= 0.3 is 5.97 Å². The molecule has 2 rings (SSSR count). The Morgan fingerprint density at radius 3 is 2.76 bits per heavy atom. The first kappa shape index (κ1) is 15.6. The molecule has 2 aromatic heterocycles. The highest BCUT2D eigenvalue weighted by atomic mass is 32.2. The highest BCUT2D eigenvalue weighted by Crippen LogP contribution is 2.24. The van der Waals surface area contributed by atoms with Gasteiger partial charge in [0, 0.05) is 31.9 Å². The molecule has 0 radical (unpaired) electrons. The van der Waals surface area contributed by atoms with Crippen molar-refractivity contribution in [1.29, 1.82) is 0 Å². The maximum Gasteiger partial charge on any atom is 0.347 e. The molecule has 6 nitrogen and oxygen atoms in total. The van der Waals surface area contributed by atoms with Gasteiger partial charge in [-0.05, 0) is 23.6 Å². The van der Waals surface area contributed by atoms with E-state index in [9.17, 15) is 13.2 Å². The average molecular weight is 326 g/mol. The lowest BCUT2D eigenvalue weighted by molar-refractivity contribution is 0.0698. The maximum absolute atomic E-state index is 12.4. The lowest BCUT2D eigenvalue weighted by Gasteiger charge is -2.16. The fourth-order valence-electron chi connectivity index (χ4n) is 1.76. The van der Waals surface area contributed by atoms with E-state index in [2.05, 4.69) is 4.98 Å². The van der Waals surface area contributed by atoms with Crippen molar-refractivity contribution in [2.75, 3.05) is 13.6 Å². The van der Waals surface area contributed by atoms with Gasteiger partial charge in [0.15, 0.2) is 0 Å². The zero-order valence-electron chi connectivity index (χ0n) is 11.3. The van der Waals surface area contributed by atoms with Crippen LogP contribution in [0.15, 0.2) is 40.7 Å². The fraction of sp³-hybridized carbons (Fsp3) is 0.231. The summed E-state index contributed by atoms with van der Waals surface area (Å²) in [5.41, 5.74) is 0.781. The first-order chi connectivity index (χ1) is 9.93. The zero-order chi connectivity index (χ0) is 15.5. The van der Waals surface area contributed by atoms with E-state index in [0.29, 0.717) is 6.42 Å². The molecule has 1 N–H and O–H groups in total. The molecule has 8 heteroatoms. The second kappa shape index (κ2) is 6.33. The monoisotopic (exact) mass is 326 g/mol. The van der Waals surface area contributed by atoms with E-state index in [0.717, 1.165) is 21.3 Å². The van der Waals surface area contributed by atoms with Crippen LogP contribution in [0.1, 0.15) is 15.4 Å². The summed E-state index contributed by atoms with van der Waals surface area (Å²) in [6, 6.07) is 6.75. The van der Waals surface area contributed by atoms with Crippen molar-refractivity contribution in [3.05, 3.63) is 46.4 Å². The molecular weight excluding hydrogens is 312 g/mol. The van der Waals surface area contributed by atoms with Gasteiger partial charge in [0.05, 0.1) is 0 Å². The zero-order valence-corrected chi connectivity index (χ0v) is 12.9. The van der Waals surface area contributed by atoms with Gasteiger partial charge in [0.25, 0.3) is 0 Å². The number of aromatic nitrogens is 1. The lowest BCUT2D eigenvalue weighted by atomic mass is 10.3. The Labute approximate surface area is 126 Å². The minimum Gasteiger partial charge on any atom is -0.477 e. The molecule has 0 spiro atoms. The predicted molar refractivity (Wildman–Crippen MR) is 79.0 cm³/mol. The summed E-state index contributed by atoms with van der Waals surface area (Å²) in [4.78, 5) is 14.8. The Bertz CT molecular complexity index is 726. The number of carbonyl (C=O) groups is 1. The third-order valence-electron chi connectivity index (χ3n) is 2.92. The van der Waals surface area contributed by atoms with Gasteiger partial charge in [-0.1, -0.05) is 6.07 Å². The molecule has 0 aliphatic carbocycles. The number of nitrogens with zero attached hydrogens (tertiary/aromatic N) is 2. The molecule has 21 heavy (non-hydrogen) atoms. The van der Waals surface area contributed by atoms with E-state index < -0.39 is 16.0 Å². The van der Waals surface area contributed by atoms with Crippen molar-refractivity contribution >= 4 is 27.3 Å².